The molecule has 1 fully saturated rings. The van der Waals surface area contributed by atoms with Gasteiger partial charge in [-0.1, -0.05) is 55.5 Å². The Morgan fingerprint density at radius 2 is 1.96 bits per heavy atom. The summed E-state index contributed by atoms with van der Waals surface area (Å²) in [5.74, 6) is 7.58. The van der Waals surface area contributed by atoms with E-state index < -0.39 is 0 Å². The van der Waals surface area contributed by atoms with Crippen LogP contribution in [0.4, 0.5) is 0 Å². The van der Waals surface area contributed by atoms with Gasteiger partial charge in [0.1, 0.15) is 5.75 Å². The lowest BCUT2D eigenvalue weighted by atomic mass is 9.76. The third-order valence-electron chi connectivity index (χ3n) is 5.15. The van der Waals surface area contributed by atoms with Crippen LogP contribution in [0.15, 0.2) is 54.6 Å². The minimum atomic E-state index is 0.234. The van der Waals surface area contributed by atoms with E-state index in [0.717, 1.165) is 30.9 Å². The topological polar surface area (TPSA) is 12.5 Å². The quantitative estimate of drug-likeness (QED) is 0.748. The SMILES string of the molecule is CCCC1(c2cccc(OC)c2)CCN(CC#Cc2ccccc2)C1. The molecule has 0 bridgehead atoms. The predicted octanol–water partition coefficient (Wildman–Crippen LogP) is 4.49. The minimum Gasteiger partial charge on any atom is -0.497 e. The van der Waals surface area contributed by atoms with Crippen molar-refractivity contribution in [1.82, 2.24) is 4.90 Å². The average molecular weight is 333 g/mol. The highest BCUT2D eigenvalue weighted by Crippen LogP contribution is 2.39. The molecule has 1 unspecified atom stereocenters. The second kappa shape index (κ2) is 8.23. The number of rotatable bonds is 5. The van der Waals surface area contributed by atoms with E-state index in [4.69, 9.17) is 4.74 Å². The van der Waals surface area contributed by atoms with E-state index in [1.165, 1.54) is 24.8 Å². The van der Waals surface area contributed by atoms with Gasteiger partial charge in [-0.05, 0) is 42.7 Å². The highest BCUT2D eigenvalue weighted by Gasteiger charge is 2.38. The van der Waals surface area contributed by atoms with Gasteiger partial charge in [-0.2, -0.15) is 0 Å². The maximum Gasteiger partial charge on any atom is 0.119 e. The maximum absolute atomic E-state index is 5.44. The molecule has 2 heteroatoms. The van der Waals surface area contributed by atoms with Gasteiger partial charge in [0.2, 0.25) is 0 Å². The maximum atomic E-state index is 5.44. The molecule has 1 aliphatic rings. The third kappa shape index (κ3) is 4.24. The Kier molecular flexibility index (Phi) is 5.79. The van der Waals surface area contributed by atoms with Crippen LogP contribution in [0.3, 0.4) is 0 Å². The second-order valence-corrected chi connectivity index (χ2v) is 6.89. The molecule has 0 spiro atoms. The summed E-state index contributed by atoms with van der Waals surface area (Å²) in [7, 11) is 1.74. The van der Waals surface area contributed by atoms with E-state index >= 15 is 0 Å². The van der Waals surface area contributed by atoms with Gasteiger partial charge < -0.3 is 4.74 Å². The van der Waals surface area contributed by atoms with E-state index in [0.29, 0.717) is 0 Å². The van der Waals surface area contributed by atoms with Gasteiger partial charge in [-0.25, -0.2) is 0 Å². The van der Waals surface area contributed by atoms with Crippen LogP contribution < -0.4 is 4.74 Å². The molecule has 1 atom stereocenters. The summed E-state index contributed by atoms with van der Waals surface area (Å²) >= 11 is 0. The molecule has 0 N–H and O–H groups in total. The molecule has 0 amide bonds. The van der Waals surface area contributed by atoms with Gasteiger partial charge in [0.05, 0.1) is 13.7 Å². The summed E-state index contributed by atoms with van der Waals surface area (Å²) < 4.78 is 5.44. The summed E-state index contributed by atoms with van der Waals surface area (Å²) in [5.41, 5.74) is 2.74. The molecule has 1 heterocycles. The van der Waals surface area contributed by atoms with E-state index in [1.807, 2.05) is 24.3 Å². The summed E-state index contributed by atoms with van der Waals surface area (Å²) in [6.07, 6.45) is 3.60. The standard InChI is InChI=1S/C23H27NO/c1-3-14-23(21-12-7-13-22(18-21)25-2)15-17-24(19-23)16-8-11-20-9-5-4-6-10-20/h4-7,9-10,12-13,18H,3,14-17,19H2,1-2H3. The Balaban J connectivity index is 1.71. The first-order valence-electron chi connectivity index (χ1n) is 9.16. The highest BCUT2D eigenvalue weighted by atomic mass is 16.5. The van der Waals surface area contributed by atoms with Crippen molar-refractivity contribution < 1.29 is 4.74 Å². The van der Waals surface area contributed by atoms with Gasteiger partial charge in [0.25, 0.3) is 0 Å². The smallest absolute Gasteiger partial charge is 0.119 e. The number of nitrogens with zero attached hydrogens (tertiary/aromatic N) is 1. The fourth-order valence-electron chi connectivity index (χ4n) is 3.88. The normalized spacial score (nSPS) is 20.1. The second-order valence-electron chi connectivity index (χ2n) is 6.89. The minimum absolute atomic E-state index is 0.234. The number of hydrogen-bond acceptors (Lipinski definition) is 2. The number of benzene rings is 2. The van der Waals surface area contributed by atoms with Gasteiger partial charge in [0, 0.05) is 24.1 Å². The Bertz CT molecular complexity index is 743. The van der Waals surface area contributed by atoms with Crippen molar-refractivity contribution in [2.45, 2.75) is 31.6 Å². The first kappa shape index (κ1) is 17.6. The summed E-state index contributed by atoms with van der Waals surface area (Å²) in [5, 5.41) is 0. The molecule has 1 saturated heterocycles. The van der Waals surface area contributed by atoms with Crippen molar-refractivity contribution in [3.05, 3.63) is 65.7 Å². The number of ether oxygens (including phenoxy) is 1. The fraction of sp³-hybridized carbons (Fsp3) is 0.391. The van der Waals surface area contributed by atoms with Crippen molar-refractivity contribution in [1.29, 1.82) is 0 Å². The predicted molar refractivity (Wildman–Crippen MR) is 104 cm³/mol. The molecule has 0 aromatic heterocycles. The van der Waals surface area contributed by atoms with Crippen LogP contribution in [0.25, 0.3) is 0 Å². The summed E-state index contributed by atoms with van der Waals surface area (Å²) in [6, 6.07) is 18.8. The first-order valence-corrected chi connectivity index (χ1v) is 9.16. The van der Waals surface area contributed by atoms with Crippen molar-refractivity contribution in [3.63, 3.8) is 0 Å². The summed E-state index contributed by atoms with van der Waals surface area (Å²) in [6.45, 7) is 5.31. The van der Waals surface area contributed by atoms with Crippen LogP contribution in [-0.4, -0.2) is 31.6 Å². The number of methoxy groups -OCH3 is 1. The summed E-state index contributed by atoms with van der Waals surface area (Å²) in [4.78, 5) is 2.49. The van der Waals surface area contributed by atoms with E-state index in [1.54, 1.807) is 7.11 Å². The van der Waals surface area contributed by atoms with Crippen LogP contribution in [-0.2, 0) is 5.41 Å². The molecule has 0 saturated carbocycles. The third-order valence-corrected chi connectivity index (χ3v) is 5.15. The molecule has 3 rings (SSSR count). The molecule has 25 heavy (non-hydrogen) atoms. The number of hydrogen-bond donors (Lipinski definition) is 0. The average Bonchev–Trinajstić information content (AvgIpc) is 3.07. The molecular weight excluding hydrogens is 306 g/mol. The van der Waals surface area contributed by atoms with Gasteiger partial charge in [-0.15, -0.1) is 0 Å². The molecule has 2 nitrogen and oxygen atoms in total. The van der Waals surface area contributed by atoms with Gasteiger partial charge in [-0.3, -0.25) is 4.90 Å². The van der Waals surface area contributed by atoms with Gasteiger partial charge >= 0.3 is 0 Å². The van der Waals surface area contributed by atoms with Gasteiger partial charge in [0.15, 0.2) is 0 Å². The molecule has 0 aliphatic carbocycles. The zero-order valence-corrected chi connectivity index (χ0v) is 15.3. The van der Waals surface area contributed by atoms with Crippen molar-refractivity contribution >= 4 is 0 Å². The lowest BCUT2D eigenvalue weighted by molar-refractivity contribution is 0.329. The van der Waals surface area contributed by atoms with Crippen LogP contribution >= 0.6 is 0 Å². The Morgan fingerprint density at radius 1 is 1.12 bits per heavy atom. The van der Waals surface area contributed by atoms with Crippen LogP contribution in [0, 0.1) is 11.8 Å². The highest BCUT2D eigenvalue weighted by molar-refractivity contribution is 5.36. The molecular formula is C23H27NO. The lowest BCUT2D eigenvalue weighted by Gasteiger charge is -2.30. The largest absolute Gasteiger partial charge is 0.497 e. The molecule has 130 valence electrons. The molecule has 1 aliphatic heterocycles. The van der Waals surface area contributed by atoms with Crippen molar-refractivity contribution in [3.8, 4) is 17.6 Å². The Hall–Kier alpha value is -2.24. The number of likely N-dealkylation sites (tertiary alicyclic amines) is 1. The molecule has 2 aromatic rings. The van der Waals surface area contributed by atoms with Crippen molar-refractivity contribution in [2.24, 2.45) is 0 Å². The lowest BCUT2D eigenvalue weighted by Crippen LogP contribution is -2.31. The van der Waals surface area contributed by atoms with E-state index in [9.17, 15) is 0 Å². The van der Waals surface area contributed by atoms with Crippen LogP contribution in [0.5, 0.6) is 5.75 Å². The van der Waals surface area contributed by atoms with Crippen LogP contribution in [0.1, 0.15) is 37.3 Å². The zero-order chi connectivity index (χ0) is 17.5. The fourth-order valence-corrected chi connectivity index (χ4v) is 3.88. The first-order chi connectivity index (χ1) is 12.3. The molecule has 2 aromatic carbocycles. The van der Waals surface area contributed by atoms with E-state index in [-0.39, 0.29) is 5.41 Å². The van der Waals surface area contributed by atoms with Crippen LogP contribution in [0.2, 0.25) is 0 Å². The zero-order valence-electron chi connectivity index (χ0n) is 15.3. The monoisotopic (exact) mass is 333 g/mol. The Morgan fingerprint density at radius 3 is 2.72 bits per heavy atom. The Labute approximate surface area is 151 Å². The van der Waals surface area contributed by atoms with E-state index in [2.05, 4.69) is 54.0 Å². The molecule has 0 radical (unpaired) electrons. The van der Waals surface area contributed by atoms with Crippen molar-refractivity contribution in [2.75, 3.05) is 26.7 Å².